The molecule has 36 heavy (non-hydrogen) atoms. The Morgan fingerprint density at radius 3 is 2.22 bits per heavy atom. The summed E-state index contributed by atoms with van der Waals surface area (Å²) in [6, 6.07) is 17.6. The highest BCUT2D eigenvalue weighted by Crippen LogP contribution is 2.37. The normalized spacial score (nSPS) is 12.8. The van der Waals surface area contributed by atoms with Gasteiger partial charge in [0.25, 0.3) is 0 Å². The molecule has 0 radical (unpaired) electrons. The molecule has 0 fully saturated rings. The average molecular weight is 495 g/mol. The number of aromatic hydroxyl groups is 3. The molecule has 0 spiro atoms. The van der Waals surface area contributed by atoms with Crippen molar-refractivity contribution in [2.24, 2.45) is 0 Å². The first kappa shape index (κ1) is 27.0. The molecule has 3 rings (SSSR count). The summed E-state index contributed by atoms with van der Waals surface area (Å²) in [6.07, 6.45) is 1.44. The van der Waals surface area contributed by atoms with E-state index in [2.05, 4.69) is 0 Å². The number of phenolic OH excluding ortho intramolecular Hbond substituents is 3. The lowest BCUT2D eigenvalue weighted by molar-refractivity contribution is -0.121. The predicted octanol–water partition coefficient (Wildman–Crippen LogP) is 4.36. The van der Waals surface area contributed by atoms with E-state index >= 15 is 0 Å². The Morgan fingerprint density at radius 1 is 0.833 bits per heavy atom. The Bertz CT molecular complexity index is 1140. The number of Topliss-reactive ketones (excluding diaryl/α,β-unsaturated/α-hetero) is 1. The van der Waals surface area contributed by atoms with Crippen molar-refractivity contribution in [3.63, 3.8) is 0 Å². The van der Waals surface area contributed by atoms with Crippen LogP contribution in [0.5, 0.6) is 23.0 Å². The van der Waals surface area contributed by atoms with Crippen molar-refractivity contribution >= 4 is 5.78 Å². The van der Waals surface area contributed by atoms with Crippen molar-refractivity contribution in [3.05, 3.63) is 82.9 Å². The van der Waals surface area contributed by atoms with Gasteiger partial charge in [-0.25, -0.2) is 0 Å². The van der Waals surface area contributed by atoms with Crippen LogP contribution in [0.15, 0.2) is 60.7 Å². The van der Waals surface area contributed by atoms with Crippen LogP contribution in [0.1, 0.15) is 53.9 Å². The van der Waals surface area contributed by atoms with Gasteiger partial charge in [0.2, 0.25) is 0 Å². The summed E-state index contributed by atoms with van der Waals surface area (Å²) < 4.78 is 5.27. The Morgan fingerprint density at radius 2 is 1.56 bits per heavy atom. The number of aryl methyl sites for hydroxylation is 2. The number of aliphatic hydroxyl groups is 2. The van der Waals surface area contributed by atoms with Gasteiger partial charge in [-0.05, 0) is 78.1 Å². The molecule has 7 heteroatoms. The fourth-order valence-corrected chi connectivity index (χ4v) is 4.44. The van der Waals surface area contributed by atoms with E-state index < -0.39 is 6.10 Å². The van der Waals surface area contributed by atoms with Crippen molar-refractivity contribution in [1.82, 2.24) is 0 Å². The maximum atomic E-state index is 13.0. The number of ketones is 1. The van der Waals surface area contributed by atoms with Crippen LogP contribution in [0.3, 0.4) is 0 Å². The molecule has 192 valence electrons. The lowest BCUT2D eigenvalue weighted by Crippen LogP contribution is -2.17. The number of hydrogen-bond acceptors (Lipinski definition) is 7. The third kappa shape index (κ3) is 7.47. The number of benzene rings is 3. The molecule has 0 aromatic heterocycles. The second-order valence-electron chi connectivity index (χ2n) is 9.06. The highest BCUT2D eigenvalue weighted by Gasteiger charge is 2.23. The molecule has 5 N–H and O–H groups in total. The van der Waals surface area contributed by atoms with Gasteiger partial charge in [0.15, 0.2) is 23.0 Å². The fraction of sp³-hybridized carbons (Fsp3) is 0.345. The lowest BCUT2D eigenvalue weighted by atomic mass is 9.84. The maximum Gasteiger partial charge on any atom is 0.160 e. The smallest absolute Gasteiger partial charge is 0.160 e. The van der Waals surface area contributed by atoms with Crippen LogP contribution in [0, 0.1) is 0 Å². The molecule has 0 heterocycles. The number of carbonyl (C=O) groups is 1. The van der Waals surface area contributed by atoms with Gasteiger partial charge in [-0.2, -0.15) is 0 Å². The van der Waals surface area contributed by atoms with Gasteiger partial charge in [0.1, 0.15) is 5.78 Å². The molecular formula is C29H34O7. The van der Waals surface area contributed by atoms with Crippen LogP contribution in [0.2, 0.25) is 0 Å². The largest absolute Gasteiger partial charge is 0.504 e. The van der Waals surface area contributed by atoms with E-state index in [0.29, 0.717) is 24.8 Å². The number of rotatable bonds is 13. The summed E-state index contributed by atoms with van der Waals surface area (Å²) in [5.74, 6) is -0.571. The second-order valence-corrected chi connectivity index (χ2v) is 9.06. The second kappa shape index (κ2) is 13.0. The highest BCUT2D eigenvalue weighted by molar-refractivity contribution is 5.80. The molecule has 2 unspecified atom stereocenters. The van der Waals surface area contributed by atoms with Gasteiger partial charge >= 0.3 is 0 Å². The Labute approximate surface area is 211 Å². The monoisotopic (exact) mass is 494 g/mol. The van der Waals surface area contributed by atoms with E-state index in [1.54, 1.807) is 12.1 Å². The predicted molar refractivity (Wildman–Crippen MR) is 136 cm³/mol. The van der Waals surface area contributed by atoms with Crippen molar-refractivity contribution in [3.8, 4) is 23.0 Å². The quantitative estimate of drug-likeness (QED) is 0.223. The van der Waals surface area contributed by atoms with Crippen LogP contribution in [-0.2, 0) is 24.2 Å². The summed E-state index contributed by atoms with van der Waals surface area (Å²) in [6.45, 7) is -0.287. The van der Waals surface area contributed by atoms with E-state index in [1.165, 1.54) is 25.3 Å². The zero-order valence-electron chi connectivity index (χ0n) is 20.4. The summed E-state index contributed by atoms with van der Waals surface area (Å²) >= 11 is 0. The summed E-state index contributed by atoms with van der Waals surface area (Å²) in [5.41, 5.74) is 3.15. The number of aliphatic hydroxyl groups excluding tert-OH is 2. The van der Waals surface area contributed by atoms with Gasteiger partial charge in [-0.15, -0.1) is 0 Å². The SMILES string of the molecule is COc1cc(C(CCc2ccccc2)CC(=O)CC(O)CCc2ccc(O)c(O)c2)c(CO)cc1O. The van der Waals surface area contributed by atoms with E-state index in [4.69, 9.17) is 4.74 Å². The molecule has 0 aliphatic carbocycles. The minimum absolute atomic E-state index is 0.0183. The van der Waals surface area contributed by atoms with Crippen LogP contribution in [0.4, 0.5) is 0 Å². The van der Waals surface area contributed by atoms with E-state index in [0.717, 1.165) is 23.1 Å². The van der Waals surface area contributed by atoms with Crippen molar-refractivity contribution in [2.75, 3.05) is 7.11 Å². The van der Waals surface area contributed by atoms with E-state index in [-0.39, 0.29) is 54.1 Å². The molecule has 0 amide bonds. The molecule has 0 aliphatic rings. The molecule has 3 aromatic carbocycles. The van der Waals surface area contributed by atoms with E-state index in [9.17, 15) is 30.3 Å². The topological polar surface area (TPSA) is 127 Å². The standard InChI is InChI=1S/C29H34O7/c1-36-29-17-25(22(18-30)15-28(29)35)21(10-7-19-5-3-2-4-6-19)14-24(32)16-23(31)11-8-20-9-12-26(33)27(34)13-20/h2-6,9,12-13,15,17,21,23,30-31,33-35H,7-8,10-11,14,16,18H2,1H3. The molecule has 3 aromatic rings. The fourth-order valence-electron chi connectivity index (χ4n) is 4.44. The van der Waals surface area contributed by atoms with E-state index in [1.807, 2.05) is 30.3 Å². The molecule has 7 nitrogen and oxygen atoms in total. The first-order valence-electron chi connectivity index (χ1n) is 12.1. The van der Waals surface area contributed by atoms with Crippen molar-refractivity contribution in [1.29, 1.82) is 0 Å². The van der Waals surface area contributed by atoms with Crippen LogP contribution < -0.4 is 4.74 Å². The molecule has 0 saturated heterocycles. The zero-order valence-corrected chi connectivity index (χ0v) is 20.4. The zero-order chi connectivity index (χ0) is 26.1. The first-order valence-corrected chi connectivity index (χ1v) is 12.1. The number of ether oxygens (including phenoxy) is 1. The molecule has 0 aliphatic heterocycles. The molecule has 0 bridgehead atoms. The Balaban J connectivity index is 1.71. The van der Waals surface area contributed by atoms with Crippen LogP contribution in [-0.4, -0.2) is 44.5 Å². The summed E-state index contributed by atoms with van der Waals surface area (Å²) in [7, 11) is 1.45. The third-order valence-corrected chi connectivity index (χ3v) is 6.42. The van der Waals surface area contributed by atoms with Gasteiger partial charge < -0.3 is 30.3 Å². The number of hydrogen-bond donors (Lipinski definition) is 5. The first-order chi connectivity index (χ1) is 17.3. The summed E-state index contributed by atoms with van der Waals surface area (Å²) in [4.78, 5) is 13.0. The minimum atomic E-state index is -0.852. The van der Waals surface area contributed by atoms with Crippen molar-refractivity contribution < 1.29 is 35.1 Å². The Hall–Kier alpha value is -3.55. The summed E-state index contributed by atoms with van der Waals surface area (Å²) in [5, 5.41) is 49.6. The number of phenols is 3. The van der Waals surface area contributed by atoms with Crippen LogP contribution >= 0.6 is 0 Å². The number of carbonyl (C=O) groups excluding carboxylic acids is 1. The average Bonchev–Trinajstić information content (AvgIpc) is 2.87. The molecule has 2 atom stereocenters. The van der Waals surface area contributed by atoms with Gasteiger partial charge in [-0.1, -0.05) is 36.4 Å². The van der Waals surface area contributed by atoms with Gasteiger partial charge in [-0.3, -0.25) is 4.79 Å². The van der Waals surface area contributed by atoms with Gasteiger partial charge in [0, 0.05) is 12.8 Å². The maximum absolute atomic E-state index is 13.0. The van der Waals surface area contributed by atoms with Crippen molar-refractivity contribution in [2.45, 2.75) is 57.2 Å². The molecular weight excluding hydrogens is 460 g/mol. The van der Waals surface area contributed by atoms with Crippen LogP contribution in [0.25, 0.3) is 0 Å². The lowest BCUT2D eigenvalue weighted by Gasteiger charge is -2.22. The minimum Gasteiger partial charge on any atom is -0.504 e. The third-order valence-electron chi connectivity index (χ3n) is 6.42. The molecule has 0 saturated carbocycles. The van der Waals surface area contributed by atoms with Gasteiger partial charge in [0.05, 0.1) is 19.8 Å². The number of methoxy groups -OCH3 is 1. The Kier molecular flexibility index (Phi) is 9.73. The highest BCUT2D eigenvalue weighted by atomic mass is 16.5.